The van der Waals surface area contributed by atoms with Gasteiger partial charge < -0.3 is 56.1 Å². The van der Waals surface area contributed by atoms with Gasteiger partial charge >= 0.3 is 19.3 Å². The first-order chi connectivity index (χ1) is 41.1. The third-order valence-electron chi connectivity index (χ3n) is 16.9. The number of amides is 10. The third kappa shape index (κ3) is 13.0. The van der Waals surface area contributed by atoms with Crippen LogP contribution in [0.5, 0.6) is 0 Å². The molecule has 4 aromatic carbocycles. The average Bonchev–Trinajstić information content (AvgIpc) is 2.33. The van der Waals surface area contributed by atoms with Crippen molar-refractivity contribution < 1.29 is 66.3 Å². The number of alkyl halides is 2. The first kappa shape index (κ1) is 60.3. The zero-order valence-corrected chi connectivity index (χ0v) is 47.6. The van der Waals surface area contributed by atoms with Crippen LogP contribution in [0, 0.1) is 17.8 Å². The van der Waals surface area contributed by atoms with E-state index in [0.29, 0.717) is 49.9 Å². The average molecular weight is 1200 g/mol. The molecular weight excluding hydrogens is 1130 g/mol. The monoisotopic (exact) mass is 1200 g/mol. The van der Waals surface area contributed by atoms with E-state index < -0.39 is 90.5 Å². The second-order valence-corrected chi connectivity index (χ2v) is 24.1. The first-order valence-corrected chi connectivity index (χ1v) is 30.2. The minimum absolute atomic E-state index is 0.000664. The fraction of sp³-hybridized carbons (Fsp3) is 0.393. The van der Waals surface area contributed by atoms with Crippen LogP contribution in [-0.4, -0.2) is 144 Å². The molecule has 0 spiro atoms. The van der Waals surface area contributed by atoms with E-state index in [2.05, 4.69) is 38.1 Å². The highest BCUT2D eigenvalue weighted by Gasteiger charge is 2.51. The number of carbonyl (C=O) groups excluding carboxylic acids is 9. The van der Waals surface area contributed by atoms with E-state index in [1.807, 2.05) is 66.7 Å². The number of fused-ring (bicyclic) bond motifs is 3. The zero-order valence-electron chi connectivity index (χ0n) is 46.7. The van der Waals surface area contributed by atoms with E-state index in [9.17, 15) is 61.5 Å². The van der Waals surface area contributed by atoms with E-state index in [1.54, 1.807) is 17.0 Å². The number of likely N-dealkylation sites (tertiary alicyclic amines) is 1. The van der Waals surface area contributed by atoms with Crippen molar-refractivity contribution in [3.63, 3.8) is 0 Å². The van der Waals surface area contributed by atoms with E-state index in [1.165, 1.54) is 20.8 Å². The normalized spacial score (nSPS) is 20.5. The second-order valence-electron chi connectivity index (χ2n) is 22.4. The van der Waals surface area contributed by atoms with Gasteiger partial charge in [-0.2, -0.15) is 8.78 Å². The van der Waals surface area contributed by atoms with Crippen LogP contribution < -0.4 is 27.0 Å². The molecule has 0 aliphatic carbocycles. The quantitative estimate of drug-likeness (QED) is 0.0381. The number of carbonyl (C=O) groups is 9. The Morgan fingerprint density at radius 2 is 1.51 bits per heavy atom. The van der Waals surface area contributed by atoms with Crippen LogP contribution in [-0.2, 0) is 45.5 Å². The summed E-state index contributed by atoms with van der Waals surface area (Å²) in [4.78, 5) is 150. The number of benzene rings is 4. The number of aromatic nitrogens is 1. The number of hydrogen-bond acceptors (Lipinski definition) is 10. The maximum Gasteiger partial charge on any atom is 0.399 e. The highest BCUT2D eigenvalue weighted by Crippen LogP contribution is 2.59. The predicted molar refractivity (Wildman–Crippen MR) is 307 cm³/mol. The first-order valence-electron chi connectivity index (χ1n) is 28.6. The Morgan fingerprint density at radius 3 is 2.19 bits per heavy atom. The number of nitrogens with zero attached hydrogens (tertiary/aromatic N) is 4. The summed E-state index contributed by atoms with van der Waals surface area (Å²) in [6, 6.07) is 21.2. The number of primary amides is 1. The molecule has 1 aromatic heterocycles. The van der Waals surface area contributed by atoms with Crippen molar-refractivity contribution in [3.05, 3.63) is 142 Å². The number of hydrogen-bond donors (Lipinski definition) is 8. The van der Waals surface area contributed by atoms with Gasteiger partial charge in [-0.05, 0) is 104 Å². The van der Waals surface area contributed by atoms with Gasteiger partial charge in [0.05, 0.1) is 12.6 Å². The molecule has 0 bridgehead atoms. The Balaban J connectivity index is 0.833. The van der Waals surface area contributed by atoms with Gasteiger partial charge in [-0.25, -0.2) is 4.79 Å². The number of H-pyrrole nitrogens is 1. The predicted octanol–water partition coefficient (Wildman–Crippen LogP) is 4.64. The van der Waals surface area contributed by atoms with E-state index in [4.69, 9.17) is 5.73 Å². The molecule has 0 radical (unpaired) electrons. The summed E-state index contributed by atoms with van der Waals surface area (Å²) in [6.45, 7) is 0.710. The molecule has 6 heterocycles. The van der Waals surface area contributed by atoms with Crippen molar-refractivity contribution in [2.45, 2.75) is 119 Å². The van der Waals surface area contributed by atoms with Gasteiger partial charge in [0.2, 0.25) is 35.4 Å². The highest BCUT2D eigenvalue weighted by molar-refractivity contribution is 7.52. The molecule has 450 valence electrons. The molecule has 5 atom stereocenters. The molecule has 4 saturated heterocycles. The van der Waals surface area contributed by atoms with E-state index in [0.717, 1.165) is 41.3 Å². The summed E-state index contributed by atoms with van der Waals surface area (Å²) in [6.07, 6.45) is 3.17. The topological polar surface area (TPSA) is 314 Å². The van der Waals surface area contributed by atoms with E-state index in [-0.39, 0.29) is 98.5 Å². The Labute approximate surface area is 493 Å². The lowest BCUT2D eigenvalue weighted by Crippen LogP contribution is -2.63. The molecule has 5 aliphatic rings. The smallest absolute Gasteiger partial charge is 0.370 e. The molecule has 22 nitrogen and oxygen atoms in total. The number of rotatable bonds is 16. The van der Waals surface area contributed by atoms with Crippen molar-refractivity contribution in [2.75, 3.05) is 26.2 Å². The Hall–Kier alpha value is -8.78. The van der Waals surface area contributed by atoms with Gasteiger partial charge in [-0.15, -0.1) is 0 Å². The largest absolute Gasteiger partial charge is 0.399 e. The summed E-state index contributed by atoms with van der Waals surface area (Å²) in [7, 11) is -5.94. The molecule has 10 rings (SSSR count). The fourth-order valence-corrected chi connectivity index (χ4v) is 12.7. The summed E-state index contributed by atoms with van der Waals surface area (Å²) in [5, 5.41) is 10.9. The van der Waals surface area contributed by atoms with Crippen molar-refractivity contribution in [1.29, 1.82) is 0 Å². The number of aromatic amines is 1. The number of nitrogens with one attached hydrogen (secondary N) is 5. The van der Waals surface area contributed by atoms with Crippen LogP contribution in [0.25, 0.3) is 10.9 Å². The van der Waals surface area contributed by atoms with Crippen molar-refractivity contribution in [1.82, 2.24) is 45.9 Å². The fourth-order valence-electron chi connectivity index (χ4n) is 12.2. The second kappa shape index (κ2) is 25.4. The lowest BCUT2D eigenvalue weighted by molar-refractivity contribution is -0.143. The van der Waals surface area contributed by atoms with Crippen LogP contribution in [0.15, 0.2) is 103 Å². The summed E-state index contributed by atoms with van der Waals surface area (Å²) in [5.74, 6) is 1.87. The summed E-state index contributed by atoms with van der Waals surface area (Å²) in [5.41, 5.74) is 3.32. The van der Waals surface area contributed by atoms with Crippen LogP contribution in [0.1, 0.15) is 125 Å². The zero-order chi connectivity index (χ0) is 61.0. The molecule has 5 aliphatic heterocycles. The number of halogens is 2. The molecule has 25 heteroatoms. The Kier molecular flexibility index (Phi) is 17.8. The lowest BCUT2D eigenvalue weighted by atomic mass is 9.92. The summed E-state index contributed by atoms with van der Waals surface area (Å²) < 4.78 is 41.3. The molecule has 5 unspecified atom stereocenters. The molecule has 86 heavy (non-hydrogen) atoms. The van der Waals surface area contributed by atoms with Crippen molar-refractivity contribution in [2.24, 2.45) is 11.7 Å². The van der Waals surface area contributed by atoms with E-state index >= 15 is 4.79 Å². The van der Waals surface area contributed by atoms with Gasteiger partial charge in [0.1, 0.15) is 29.9 Å². The third-order valence-corrected chi connectivity index (χ3v) is 17.9. The molecule has 4 fully saturated rings. The van der Waals surface area contributed by atoms with Crippen LogP contribution in [0.4, 0.5) is 13.6 Å². The van der Waals surface area contributed by atoms with Crippen LogP contribution in [0.3, 0.4) is 0 Å². The standard InChI is InChI=1S/C61H65F2N10O12P/c62-61(63,86(83,84)85)41-18-20-45-40(32-41)33-47(65-45)55(77)67-48-35-71(60(82)70-29-26-36(27-30-70)10-7-8-11-37-16-9-17-43-44(37)34-72(58(43)80)49-23-25-52(75)68-56(49)78)31-28-42-19-22-50(73(42)59(48)81)57(79)66-46(21-24-51(64)74)54(76)69-53(38-12-3-1-4-13-38)39-14-5-2-6-15-39/h1-6,9,12-18,20,32-33,36,42,46,48-50,53,65H,7,10,19,21-31,34-35H2,(H2,64,74)(H,66,79)(H,67,77)(H,69,76)(H,68,75,78)(H2,83,84,85). The van der Waals surface area contributed by atoms with Crippen LogP contribution in [0.2, 0.25) is 0 Å². The summed E-state index contributed by atoms with van der Waals surface area (Å²) >= 11 is 0. The molecule has 5 aromatic rings. The molecule has 0 saturated carbocycles. The molecular formula is C61H65F2N10O12P. The lowest BCUT2D eigenvalue weighted by Gasteiger charge is -2.41. The van der Waals surface area contributed by atoms with Gasteiger partial charge in [-0.1, -0.05) is 84.6 Å². The SMILES string of the molecule is NC(=O)CCC(NC(=O)C1CCC2CCN(C(=O)N3CCC(CCC#Cc4cccc5c4CN(C4CCC(=O)NC4=O)C5=O)CC3)CC(NC(=O)c3cc4cc(C(F)(F)P(=O)(O)O)ccc4[nH]3)C(=O)N21)C(=O)NC(c1ccccc1)c1ccccc1. The Bertz CT molecular complexity index is 3560. The number of imide groups is 1. The highest BCUT2D eigenvalue weighted by atomic mass is 31.2. The van der Waals surface area contributed by atoms with Crippen LogP contribution >= 0.6 is 7.60 Å². The Morgan fingerprint density at radius 1 is 0.814 bits per heavy atom. The minimum atomic E-state index is -5.94. The maximum atomic E-state index is 15.2. The van der Waals surface area contributed by atoms with Gasteiger partial charge in [0, 0.05) is 79.1 Å². The maximum absolute atomic E-state index is 15.2. The molecule has 9 N–H and O–H groups in total. The number of urea groups is 1. The number of nitrogens with two attached hydrogens (primary N) is 1. The van der Waals surface area contributed by atoms with Gasteiger partial charge in [0.25, 0.3) is 11.8 Å². The number of piperidine rings is 2. The van der Waals surface area contributed by atoms with Crippen molar-refractivity contribution in [3.8, 4) is 11.8 Å². The molecule has 10 amide bonds. The van der Waals surface area contributed by atoms with Gasteiger partial charge in [0.15, 0.2) is 0 Å². The minimum Gasteiger partial charge on any atom is -0.370 e. The van der Waals surface area contributed by atoms with Gasteiger partial charge in [-0.3, -0.25) is 48.2 Å². The van der Waals surface area contributed by atoms with Crippen molar-refractivity contribution >= 4 is 71.8 Å².